The summed E-state index contributed by atoms with van der Waals surface area (Å²) in [6.45, 7) is 13.7. The van der Waals surface area contributed by atoms with Gasteiger partial charge in [-0.05, 0) is 237 Å². The van der Waals surface area contributed by atoms with Crippen molar-refractivity contribution in [2.75, 3.05) is 0 Å². The lowest BCUT2D eigenvalue weighted by molar-refractivity contribution is 0.418. The van der Waals surface area contributed by atoms with Gasteiger partial charge in [-0.2, -0.15) is 0 Å². The molecule has 0 bridgehead atoms. The average Bonchev–Trinajstić information content (AvgIpc) is 1.27. The minimum absolute atomic E-state index is 0.260. The Balaban J connectivity index is 0.000000117. The summed E-state index contributed by atoms with van der Waals surface area (Å²) in [6, 6.07) is 141. The highest BCUT2D eigenvalue weighted by Crippen LogP contribution is 2.55. The summed E-state index contributed by atoms with van der Waals surface area (Å²) in [4.78, 5) is 29.9. The summed E-state index contributed by atoms with van der Waals surface area (Å²) in [6.07, 6.45) is 0. The van der Waals surface area contributed by atoms with Gasteiger partial charge in [0.2, 0.25) is 0 Å². The van der Waals surface area contributed by atoms with E-state index in [1.54, 1.807) is 0 Å². The van der Waals surface area contributed by atoms with Crippen molar-refractivity contribution in [2.24, 2.45) is 42.3 Å². The van der Waals surface area contributed by atoms with Gasteiger partial charge in [0.1, 0.15) is 69.4 Å². The van der Waals surface area contributed by atoms with Crippen LogP contribution in [0.4, 0.5) is 0 Å². The van der Waals surface area contributed by atoms with E-state index in [2.05, 4.69) is 475 Å². The number of hydrogen-bond acceptors (Lipinski definition) is 9. The molecule has 6 aromatic heterocycles. The van der Waals surface area contributed by atoms with Crippen molar-refractivity contribution in [3.05, 3.63) is 434 Å². The van der Waals surface area contributed by atoms with Crippen molar-refractivity contribution in [2.45, 2.75) is 57.8 Å². The lowest BCUT2D eigenvalue weighted by Gasteiger charge is -2.35. The zero-order chi connectivity index (χ0) is 97.7. The van der Waals surface area contributed by atoms with Crippen molar-refractivity contribution < 1.29 is 14.2 Å². The van der Waals surface area contributed by atoms with Crippen molar-refractivity contribution in [1.29, 1.82) is 0 Å². The van der Waals surface area contributed by atoms with Gasteiger partial charge >= 0.3 is 0 Å². The predicted octanol–water partition coefficient (Wildman–Crippen LogP) is 31.7. The molecule has 0 unspecified atom stereocenters. The van der Waals surface area contributed by atoms with E-state index in [-0.39, 0.29) is 16.2 Å². The summed E-state index contributed by atoms with van der Waals surface area (Å²) in [7, 11) is 12.5. The SMILES string of the molecule is Cn1c(-c2ccc(-c3ccc(-c4ccc5c(c4)C(C)(C)c4cc(-c6ccc(-c7ccc(-c8nc9ccccc9n8C)cc7)cc6)ccc4O5)cc3)cc2)nc2ccccc21.Cn1c(-c2ccc3c(c2)C(C)(C)c2cc(-c4nc5cc(-c6ccccc6)ccc5n4C)ccc2O3)nc2cc(-c3ccccc3)ccc21.Cn1c(-c2ccc3c(c2)C(C)(C)c2cc(-c4nc5ccccc5n4C)ccc2O3)nc2ccccc21. The van der Waals surface area contributed by atoms with Crippen molar-refractivity contribution in [1.82, 2.24) is 57.3 Å². The fourth-order valence-electron chi connectivity index (χ4n) is 21.8. The van der Waals surface area contributed by atoms with E-state index in [0.717, 1.165) is 202 Å². The maximum absolute atomic E-state index is 6.57. The number of ether oxygens (including phenoxy) is 3. The summed E-state index contributed by atoms with van der Waals surface area (Å²) in [5, 5.41) is 0. The number of para-hydroxylation sites is 8. The molecule has 0 saturated carbocycles. The highest BCUT2D eigenvalue weighted by atomic mass is 16.5. The number of hydrogen-bond donors (Lipinski definition) is 0. The molecule has 0 aliphatic carbocycles. The normalized spacial score (nSPS) is 13.3. The molecule has 696 valence electrons. The Kier molecular flexibility index (Phi) is 20.9. The molecular formula is C129H102N12O3. The highest BCUT2D eigenvalue weighted by molar-refractivity contribution is 5.91. The van der Waals surface area contributed by atoms with E-state index >= 15 is 0 Å². The van der Waals surface area contributed by atoms with Gasteiger partial charge in [0.15, 0.2) is 0 Å². The van der Waals surface area contributed by atoms with Gasteiger partial charge in [0, 0.05) is 125 Å². The minimum atomic E-state index is -0.314. The van der Waals surface area contributed by atoms with Gasteiger partial charge in [0.05, 0.1) is 66.2 Å². The van der Waals surface area contributed by atoms with Crippen LogP contribution in [-0.2, 0) is 58.5 Å². The monoisotopic (exact) mass is 1870 g/mol. The molecule has 15 heteroatoms. The zero-order valence-corrected chi connectivity index (χ0v) is 82.2. The molecule has 0 fully saturated rings. The van der Waals surface area contributed by atoms with E-state index in [0.29, 0.717) is 0 Å². The van der Waals surface area contributed by atoms with E-state index < -0.39 is 0 Å². The van der Waals surface area contributed by atoms with Crippen LogP contribution < -0.4 is 14.2 Å². The van der Waals surface area contributed by atoms with Crippen LogP contribution in [0.2, 0.25) is 0 Å². The van der Waals surface area contributed by atoms with Crippen LogP contribution in [0.3, 0.4) is 0 Å². The maximum Gasteiger partial charge on any atom is 0.140 e. The molecule has 0 atom stereocenters. The van der Waals surface area contributed by atoms with Gasteiger partial charge in [-0.25, -0.2) is 29.9 Å². The molecule has 0 radical (unpaired) electrons. The number of aryl methyl sites for hydroxylation is 6. The van der Waals surface area contributed by atoms with Gasteiger partial charge in [-0.1, -0.05) is 272 Å². The Morgan fingerprint density at radius 2 is 0.319 bits per heavy atom. The molecule has 3 aliphatic heterocycles. The first-order chi connectivity index (χ1) is 70.0. The summed E-state index contributed by atoms with van der Waals surface area (Å²) >= 11 is 0. The average molecular weight is 1870 g/mol. The van der Waals surface area contributed by atoms with Crippen LogP contribution in [0.1, 0.15) is 74.9 Å². The first-order valence-electron chi connectivity index (χ1n) is 49.1. The second-order valence-electron chi connectivity index (χ2n) is 39.8. The second-order valence-corrected chi connectivity index (χ2v) is 39.8. The third-order valence-corrected chi connectivity index (χ3v) is 30.1. The van der Waals surface area contributed by atoms with Crippen LogP contribution in [0.15, 0.2) is 400 Å². The third kappa shape index (κ3) is 15.0. The van der Waals surface area contributed by atoms with Gasteiger partial charge in [-0.3, -0.25) is 0 Å². The van der Waals surface area contributed by atoms with Crippen LogP contribution in [0.5, 0.6) is 34.5 Å². The summed E-state index contributed by atoms with van der Waals surface area (Å²) < 4.78 is 32.5. The van der Waals surface area contributed by atoms with Crippen LogP contribution in [0, 0.1) is 0 Å². The Bertz CT molecular complexity index is 8720. The van der Waals surface area contributed by atoms with Crippen LogP contribution in [0.25, 0.3) is 201 Å². The molecule has 27 rings (SSSR count). The minimum Gasteiger partial charge on any atom is -0.457 e. The van der Waals surface area contributed by atoms with E-state index in [1.165, 1.54) is 66.8 Å². The molecule has 144 heavy (non-hydrogen) atoms. The Morgan fingerprint density at radius 1 is 0.153 bits per heavy atom. The Labute approximate surface area is 835 Å². The van der Waals surface area contributed by atoms with Crippen molar-refractivity contribution >= 4 is 66.2 Å². The molecule has 0 amide bonds. The molecule has 3 aliphatic rings. The largest absolute Gasteiger partial charge is 0.457 e. The standard InChI is InChI=1S/C55H42N4O.C43H34N4O.C31H26N4O/c1-55(2)45-33-43(39-17-13-35(14-18-39)37-21-25-41(26-22-37)53-56-47-9-5-7-11-49(47)58(53)3)29-31-51(45)60-52-32-30-44(34-46(52)55)40-19-15-36(16-20-40)38-23-27-42(28-24-38)54-57-48-10-6-8-12-50(48)59(54)4;1-43(2)33-23-31(41-44-35-25-29(15-19-37(35)46(41)3)27-11-7-5-8-12-27)17-21-39(33)48-40-22-18-32(24-34(40)43)42-45-36-26-30(16-20-38(36)47(42)4)28-13-9-6-10-14-28;1-31(2)21-17-19(29-32-23-9-5-7-11-25(23)34(29)3)13-15-27(21)36-28-16-14-20(18-22(28)31)30-33-24-10-6-8-12-26(24)35(30)4/h5-34H,1-4H3;5-26H,1-4H3;5-18H,1-4H3. The fraction of sp³-hybridized carbons (Fsp3) is 0.116. The zero-order valence-electron chi connectivity index (χ0n) is 82.2. The molecular weight excluding hydrogens is 1770 g/mol. The van der Waals surface area contributed by atoms with E-state index in [9.17, 15) is 0 Å². The molecule has 15 nitrogen and oxygen atoms in total. The predicted molar refractivity (Wildman–Crippen MR) is 586 cm³/mol. The fourth-order valence-corrected chi connectivity index (χ4v) is 21.8. The second kappa shape index (κ2) is 34.3. The number of aromatic nitrogens is 12. The molecule has 24 aromatic rings. The van der Waals surface area contributed by atoms with E-state index in [1.807, 2.05) is 36.4 Å². The quantitative estimate of drug-likeness (QED) is 0.117. The Hall–Kier alpha value is -17.8. The number of benzene rings is 18. The van der Waals surface area contributed by atoms with Crippen LogP contribution in [-0.4, -0.2) is 57.3 Å². The summed E-state index contributed by atoms with van der Waals surface area (Å²) in [5.74, 6) is 11.1. The lowest BCUT2D eigenvalue weighted by atomic mass is 9.74. The van der Waals surface area contributed by atoms with Crippen LogP contribution >= 0.6 is 0 Å². The van der Waals surface area contributed by atoms with Gasteiger partial charge < -0.3 is 41.6 Å². The maximum atomic E-state index is 6.57. The first-order valence-corrected chi connectivity index (χ1v) is 49.1. The molecule has 9 heterocycles. The third-order valence-electron chi connectivity index (χ3n) is 30.1. The van der Waals surface area contributed by atoms with Crippen molar-refractivity contribution in [3.8, 4) is 170 Å². The number of rotatable bonds is 12. The highest BCUT2D eigenvalue weighted by Gasteiger charge is 2.40. The lowest BCUT2D eigenvalue weighted by Crippen LogP contribution is -2.24. The molecule has 0 spiro atoms. The topological polar surface area (TPSA) is 135 Å². The summed E-state index contributed by atoms with van der Waals surface area (Å²) in [5.41, 5.74) is 39.4. The van der Waals surface area contributed by atoms with Crippen molar-refractivity contribution in [3.63, 3.8) is 0 Å². The first kappa shape index (κ1) is 87.7. The number of imidazole rings is 6. The number of fused-ring (bicyclic) bond motifs is 12. The molecule has 0 saturated heterocycles. The molecule has 18 aromatic carbocycles. The Morgan fingerprint density at radius 3 is 0.569 bits per heavy atom. The smallest absolute Gasteiger partial charge is 0.140 e. The number of nitrogens with zero attached hydrogens (tertiary/aromatic N) is 12. The van der Waals surface area contributed by atoms with Gasteiger partial charge in [-0.15, -0.1) is 0 Å². The van der Waals surface area contributed by atoms with E-state index in [4.69, 9.17) is 44.1 Å². The molecule has 0 N–H and O–H groups in total. The van der Waals surface area contributed by atoms with Gasteiger partial charge in [0.25, 0.3) is 0 Å².